The molecule has 0 aliphatic carbocycles. The number of ether oxygens (including phenoxy) is 2. The van der Waals surface area contributed by atoms with Crippen LogP contribution < -0.4 is 14.9 Å². The van der Waals surface area contributed by atoms with Crippen LogP contribution in [0.4, 0.5) is 0 Å². The van der Waals surface area contributed by atoms with Crippen LogP contribution in [0.5, 0.6) is 11.5 Å². The van der Waals surface area contributed by atoms with Gasteiger partial charge in [-0.3, -0.25) is 14.6 Å². The Labute approximate surface area is 190 Å². The zero-order valence-corrected chi connectivity index (χ0v) is 18.7. The topological polar surface area (TPSA) is 83.3 Å². The minimum absolute atomic E-state index is 0.0804. The molecule has 0 atom stereocenters. The van der Waals surface area contributed by atoms with Gasteiger partial charge in [0.1, 0.15) is 18.9 Å². The van der Waals surface area contributed by atoms with Crippen LogP contribution in [0, 0.1) is 20.8 Å². The Kier molecular flexibility index (Phi) is 5.17. The Balaban J connectivity index is 1.67. The SMILES string of the molecule is Cc1cccc(Cn2cc(C(=O)c3ccc4c(c3)OCCO4)c(=O)c3cc(C)c(C)nc32)n1. The summed E-state index contributed by atoms with van der Waals surface area (Å²) in [5, 5.41) is 0.411. The molecule has 7 nitrogen and oxygen atoms in total. The number of fused-ring (bicyclic) bond motifs is 2. The second-order valence-electron chi connectivity index (χ2n) is 8.22. The summed E-state index contributed by atoms with van der Waals surface area (Å²) < 4.78 is 13.0. The molecule has 33 heavy (non-hydrogen) atoms. The van der Waals surface area contributed by atoms with Gasteiger partial charge in [-0.25, -0.2) is 4.98 Å². The highest BCUT2D eigenvalue weighted by atomic mass is 16.6. The molecule has 0 N–H and O–H groups in total. The Bertz CT molecular complexity index is 1470. The quantitative estimate of drug-likeness (QED) is 0.449. The molecule has 0 saturated carbocycles. The molecular formula is C26H23N3O4. The number of benzene rings is 1. The van der Waals surface area contributed by atoms with Gasteiger partial charge in [-0.05, 0) is 62.7 Å². The first-order valence-electron chi connectivity index (χ1n) is 10.8. The van der Waals surface area contributed by atoms with Gasteiger partial charge in [0, 0.05) is 23.1 Å². The lowest BCUT2D eigenvalue weighted by atomic mass is 10.0. The van der Waals surface area contributed by atoms with Crippen molar-refractivity contribution in [2.75, 3.05) is 13.2 Å². The molecule has 0 unspecified atom stereocenters. The van der Waals surface area contributed by atoms with Gasteiger partial charge in [0.25, 0.3) is 0 Å². The number of hydrogen-bond acceptors (Lipinski definition) is 6. The molecule has 7 heteroatoms. The number of pyridine rings is 3. The minimum atomic E-state index is -0.372. The standard InChI is InChI=1S/C26H23N3O4/c1-15-11-20-25(31)21(24(30)18-7-8-22-23(12-18)33-10-9-32-22)14-29(26(20)28-17(15)3)13-19-6-4-5-16(2)27-19/h4-8,11-12,14H,9-10,13H2,1-3H3. The Morgan fingerprint density at radius 1 is 1.00 bits per heavy atom. The van der Waals surface area contributed by atoms with Gasteiger partial charge in [-0.2, -0.15) is 0 Å². The highest BCUT2D eigenvalue weighted by molar-refractivity contribution is 6.10. The summed E-state index contributed by atoms with van der Waals surface area (Å²) >= 11 is 0. The van der Waals surface area contributed by atoms with Crippen LogP contribution in [-0.4, -0.2) is 33.5 Å². The number of nitrogens with zero attached hydrogens (tertiary/aromatic N) is 3. The highest BCUT2D eigenvalue weighted by Gasteiger charge is 2.21. The van der Waals surface area contributed by atoms with E-state index in [2.05, 4.69) is 9.97 Å². The van der Waals surface area contributed by atoms with Crippen LogP contribution in [-0.2, 0) is 6.54 Å². The van der Waals surface area contributed by atoms with Crippen molar-refractivity contribution < 1.29 is 14.3 Å². The van der Waals surface area contributed by atoms with Crippen molar-refractivity contribution in [1.82, 2.24) is 14.5 Å². The maximum Gasteiger partial charge on any atom is 0.202 e. The zero-order chi connectivity index (χ0) is 23.1. The maximum atomic E-state index is 13.5. The van der Waals surface area contributed by atoms with Crippen molar-refractivity contribution in [2.24, 2.45) is 0 Å². The number of aromatic nitrogens is 3. The van der Waals surface area contributed by atoms with Crippen molar-refractivity contribution in [3.8, 4) is 11.5 Å². The van der Waals surface area contributed by atoms with Crippen LogP contribution in [0.1, 0.15) is 38.6 Å². The Morgan fingerprint density at radius 3 is 2.58 bits per heavy atom. The molecule has 0 spiro atoms. The molecule has 1 aliphatic rings. The molecule has 0 radical (unpaired) electrons. The predicted octanol–water partition coefficient (Wildman–Crippen LogP) is 3.77. The first-order valence-corrected chi connectivity index (χ1v) is 10.8. The van der Waals surface area contributed by atoms with Crippen LogP contribution in [0.15, 0.2) is 53.5 Å². The van der Waals surface area contributed by atoms with E-state index in [1.807, 2.05) is 43.5 Å². The summed E-state index contributed by atoms with van der Waals surface area (Å²) in [6.07, 6.45) is 1.59. The first-order chi connectivity index (χ1) is 15.9. The van der Waals surface area contributed by atoms with Gasteiger partial charge in [0.2, 0.25) is 5.43 Å². The van der Waals surface area contributed by atoms with Crippen LogP contribution in [0.2, 0.25) is 0 Å². The predicted molar refractivity (Wildman–Crippen MR) is 124 cm³/mol. The van der Waals surface area contributed by atoms with Gasteiger partial charge < -0.3 is 14.0 Å². The molecule has 3 aromatic heterocycles. The van der Waals surface area contributed by atoms with E-state index in [0.29, 0.717) is 47.9 Å². The second-order valence-corrected chi connectivity index (χ2v) is 8.22. The molecule has 0 bridgehead atoms. The van der Waals surface area contributed by atoms with Gasteiger partial charge in [-0.15, -0.1) is 0 Å². The third-order valence-electron chi connectivity index (χ3n) is 5.82. The molecule has 0 fully saturated rings. The van der Waals surface area contributed by atoms with Crippen molar-refractivity contribution >= 4 is 16.8 Å². The number of rotatable bonds is 4. The van der Waals surface area contributed by atoms with Crippen molar-refractivity contribution in [3.05, 3.63) is 92.7 Å². The van der Waals surface area contributed by atoms with Crippen molar-refractivity contribution in [3.63, 3.8) is 0 Å². The molecule has 5 rings (SSSR count). The number of ketones is 1. The van der Waals surface area contributed by atoms with E-state index >= 15 is 0 Å². The van der Waals surface area contributed by atoms with Gasteiger partial charge >= 0.3 is 0 Å². The zero-order valence-electron chi connectivity index (χ0n) is 18.7. The number of aryl methyl sites for hydroxylation is 3. The van der Waals surface area contributed by atoms with Crippen LogP contribution in [0.3, 0.4) is 0 Å². The van der Waals surface area contributed by atoms with E-state index in [4.69, 9.17) is 9.47 Å². The van der Waals surface area contributed by atoms with Crippen molar-refractivity contribution in [1.29, 1.82) is 0 Å². The van der Waals surface area contributed by atoms with Gasteiger partial charge in [-0.1, -0.05) is 6.07 Å². The smallest absolute Gasteiger partial charge is 0.202 e. The summed E-state index contributed by atoms with van der Waals surface area (Å²) in [7, 11) is 0. The molecule has 1 aromatic carbocycles. The third-order valence-corrected chi connectivity index (χ3v) is 5.82. The molecule has 0 amide bonds. The summed E-state index contributed by atoms with van der Waals surface area (Å²) in [5.74, 6) is 0.725. The normalized spacial score (nSPS) is 12.7. The van der Waals surface area contributed by atoms with E-state index in [9.17, 15) is 9.59 Å². The van der Waals surface area contributed by atoms with Crippen molar-refractivity contribution in [2.45, 2.75) is 27.3 Å². The molecule has 0 saturated heterocycles. The molecule has 1 aliphatic heterocycles. The minimum Gasteiger partial charge on any atom is -0.486 e. The van der Waals surface area contributed by atoms with E-state index in [0.717, 1.165) is 22.6 Å². The fourth-order valence-corrected chi connectivity index (χ4v) is 3.98. The van der Waals surface area contributed by atoms with Gasteiger partial charge in [0.05, 0.1) is 23.2 Å². The summed E-state index contributed by atoms with van der Waals surface area (Å²) in [4.78, 5) is 36.1. The largest absolute Gasteiger partial charge is 0.486 e. The molecule has 166 valence electrons. The lowest BCUT2D eigenvalue weighted by molar-refractivity contribution is 0.103. The fourth-order valence-electron chi connectivity index (χ4n) is 3.98. The Morgan fingerprint density at radius 2 is 1.79 bits per heavy atom. The number of carbonyl (C=O) groups is 1. The number of hydrogen-bond donors (Lipinski definition) is 0. The first kappa shape index (κ1) is 20.9. The third kappa shape index (κ3) is 3.86. The average Bonchev–Trinajstić information content (AvgIpc) is 2.81. The fraction of sp³-hybridized carbons (Fsp3) is 0.231. The summed E-state index contributed by atoms with van der Waals surface area (Å²) in [5.41, 5.74) is 4.08. The monoisotopic (exact) mass is 441 g/mol. The second kappa shape index (κ2) is 8.16. The van der Waals surface area contributed by atoms with E-state index in [1.54, 1.807) is 30.5 Å². The van der Waals surface area contributed by atoms with E-state index < -0.39 is 0 Å². The Hall–Kier alpha value is -4.00. The average molecular weight is 441 g/mol. The van der Waals surface area contributed by atoms with Crippen LogP contribution in [0.25, 0.3) is 11.0 Å². The molecule has 4 heterocycles. The lowest BCUT2D eigenvalue weighted by Crippen LogP contribution is -2.22. The molecule has 4 aromatic rings. The van der Waals surface area contributed by atoms with Crippen LogP contribution >= 0.6 is 0 Å². The summed E-state index contributed by atoms with van der Waals surface area (Å²) in [6.45, 7) is 7.01. The lowest BCUT2D eigenvalue weighted by Gasteiger charge is -2.19. The highest BCUT2D eigenvalue weighted by Crippen LogP contribution is 2.31. The van der Waals surface area contributed by atoms with E-state index in [1.165, 1.54) is 0 Å². The van der Waals surface area contributed by atoms with E-state index in [-0.39, 0.29) is 16.8 Å². The number of carbonyl (C=O) groups excluding carboxylic acids is 1. The maximum absolute atomic E-state index is 13.5. The summed E-state index contributed by atoms with van der Waals surface area (Å²) in [6, 6.07) is 12.6. The van der Waals surface area contributed by atoms with Gasteiger partial charge in [0.15, 0.2) is 17.3 Å². The molecular weight excluding hydrogens is 418 g/mol.